The first kappa shape index (κ1) is 18.8. The van der Waals surface area contributed by atoms with Gasteiger partial charge in [0.25, 0.3) is 0 Å². The Hall–Kier alpha value is -1.25. The van der Waals surface area contributed by atoms with E-state index in [0.29, 0.717) is 12.5 Å². The summed E-state index contributed by atoms with van der Waals surface area (Å²) in [7, 11) is 3.09. The number of guanidine groups is 1. The fourth-order valence-corrected chi connectivity index (χ4v) is 1.58. The Kier molecular flexibility index (Phi) is 9.87. The SMILES string of the molecule is CN=C(NCCn1cccc1)NCC(C)C(=O)OC.I. The molecule has 0 fully saturated rings. The lowest BCUT2D eigenvalue weighted by molar-refractivity contribution is -0.144. The molecule has 20 heavy (non-hydrogen) atoms. The van der Waals surface area contributed by atoms with Gasteiger partial charge in [-0.25, -0.2) is 0 Å². The number of esters is 1. The average molecular weight is 394 g/mol. The molecule has 0 radical (unpaired) electrons. The highest BCUT2D eigenvalue weighted by atomic mass is 127. The normalized spacial score (nSPS) is 12.2. The van der Waals surface area contributed by atoms with E-state index >= 15 is 0 Å². The number of rotatable bonds is 6. The molecule has 0 amide bonds. The van der Waals surface area contributed by atoms with Crippen LogP contribution >= 0.6 is 24.0 Å². The van der Waals surface area contributed by atoms with Gasteiger partial charge in [-0.15, -0.1) is 24.0 Å². The summed E-state index contributed by atoms with van der Waals surface area (Å²) in [5.74, 6) is 0.256. The van der Waals surface area contributed by atoms with Gasteiger partial charge in [-0.05, 0) is 12.1 Å². The lowest BCUT2D eigenvalue weighted by Gasteiger charge is -2.14. The predicted molar refractivity (Wildman–Crippen MR) is 90.4 cm³/mol. The Bertz CT molecular complexity index is 407. The molecule has 0 aliphatic carbocycles. The number of hydrogen-bond acceptors (Lipinski definition) is 3. The van der Waals surface area contributed by atoms with E-state index in [0.717, 1.165) is 13.1 Å². The first-order chi connectivity index (χ1) is 9.17. The van der Waals surface area contributed by atoms with Gasteiger partial charge in [0.2, 0.25) is 0 Å². The third kappa shape index (κ3) is 6.78. The van der Waals surface area contributed by atoms with E-state index in [4.69, 9.17) is 0 Å². The van der Waals surface area contributed by atoms with Gasteiger partial charge in [-0.3, -0.25) is 9.79 Å². The number of methoxy groups -OCH3 is 1. The van der Waals surface area contributed by atoms with E-state index in [2.05, 4.69) is 24.9 Å². The highest BCUT2D eigenvalue weighted by molar-refractivity contribution is 14.0. The van der Waals surface area contributed by atoms with Gasteiger partial charge in [-0.2, -0.15) is 0 Å². The van der Waals surface area contributed by atoms with Crippen LogP contribution in [-0.4, -0.2) is 43.7 Å². The zero-order valence-electron chi connectivity index (χ0n) is 12.1. The first-order valence-electron chi connectivity index (χ1n) is 6.30. The molecular weight excluding hydrogens is 371 g/mol. The maximum Gasteiger partial charge on any atom is 0.310 e. The minimum Gasteiger partial charge on any atom is -0.469 e. The van der Waals surface area contributed by atoms with E-state index in [1.807, 2.05) is 31.5 Å². The van der Waals surface area contributed by atoms with E-state index in [1.54, 1.807) is 7.05 Å². The molecule has 2 N–H and O–H groups in total. The van der Waals surface area contributed by atoms with Crippen molar-refractivity contribution >= 4 is 35.9 Å². The Balaban J connectivity index is 0.00000361. The molecule has 1 rings (SSSR count). The van der Waals surface area contributed by atoms with Crippen LogP contribution in [0.25, 0.3) is 0 Å². The lowest BCUT2D eigenvalue weighted by atomic mass is 10.2. The minimum atomic E-state index is -0.227. The van der Waals surface area contributed by atoms with Gasteiger partial charge in [0.05, 0.1) is 13.0 Å². The highest BCUT2D eigenvalue weighted by Gasteiger charge is 2.12. The largest absolute Gasteiger partial charge is 0.469 e. The summed E-state index contributed by atoms with van der Waals surface area (Å²) in [5.41, 5.74) is 0. The van der Waals surface area contributed by atoms with Crippen molar-refractivity contribution in [2.45, 2.75) is 13.5 Å². The van der Waals surface area contributed by atoms with Gasteiger partial charge in [0.15, 0.2) is 5.96 Å². The zero-order valence-corrected chi connectivity index (χ0v) is 14.5. The maximum atomic E-state index is 11.3. The van der Waals surface area contributed by atoms with Gasteiger partial charge in [-0.1, -0.05) is 6.92 Å². The van der Waals surface area contributed by atoms with Crippen LogP contribution in [0.2, 0.25) is 0 Å². The second kappa shape index (κ2) is 10.5. The Labute approximate surface area is 137 Å². The van der Waals surface area contributed by atoms with Crippen LogP contribution < -0.4 is 10.6 Å². The quantitative estimate of drug-likeness (QED) is 0.328. The molecule has 0 aromatic carbocycles. The molecule has 0 bridgehead atoms. The molecule has 1 atom stereocenters. The summed E-state index contributed by atoms with van der Waals surface area (Å²) in [6, 6.07) is 3.98. The van der Waals surface area contributed by atoms with Crippen LogP contribution in [0.3, 0.4) is 0 Å². The Morgan fingerprint density at radius 3 is 2.55 bits per heavy atom. The molecule has 0 spiro atoms. The van der Waals surface area contributed by atoms with Crippen molar-refractivity contribution in [3.8, 4) is 0 Å². The monoisotopic (exact) mass is 394 g/mol. The fourth-order valence-electron chi connectivity index (χ4n) is 1.58. The molecule has 0 saturated heterocycles. The number of halogens is 1. The molecule has 6 nitrogen and oxygen atoms in total. The number of ether oxygens (including phenoxy) is 1. The minimum absolute atomic E-state index is 0. The van der Waals surface area contributed by atoms with Gasteiger partial charge in [0, 0.05) is 39.1 Å². The summed E-state index contributed by atoms with van der Waals surface area (Å²) >= 11 is 0. The zero-order chi connectivity index (χ0) is 14.1. The predicted octanol–water partition coefficient (Wildman–Crippen LogP) is 1.08. The number of aromatic nitrogens is 1. The summed E-state index contributed by atoms with van der Waals surface area (Å²) < 4.78 is 6.75. The average Bonchev–Trinajstić information content (AvgIpc) is 2.94. The van der Waals surface area contributed by atoms with Crippen molar-refractivity contribution in [1.29, 1.82) is 0 Å². The molecule has 1 aromatic heterocycles. The van der Waals surface area contributed by atoms with Gasteiger partial charge >= 0.3 is 5.97 Å². The molecule has 0 aliphatic rings. The van der Waals surface area contributed by atoms with Crippen LogP contribution in [0.5, 0.6) is 0 Å². The van der Waals surface area contributed by atoms with Crippen molar-refractivity contribution in [3.63, 3.8) is 0 Å². The standard InChI is InChI=1S/C13H22N4O2.HI/c1-11(12(18)19-3)10-16-13(14-2)15-6-9-17-7-4-5-8-17;/h4-5,7-8,11H,6,9-10H2,1-3H3,(H2,14,15,16);1H. The van der Waals surface area contributed by atoms with E-state index in [9.17, 15) is 4.79 Å². The summed E-state index contributed by atoms with van der Waals surface area (Å²) in [4.78, 5) is 15.4. The maximum absolute atomic E-state index is 11.3. The molecule has 7 heteroatoms. The van der Waals surface area contributed by atoms with Crippen LogP contribution in [0.4, 0.5) is 0 Å². The van der Waals surface area contributed by atoms with E-state index in [1.165, 1.54) is 7.11 Å². The van der Waals surface area contributed by atoms with Crippen molar-refractivity contribution in [2.24, 2.45) is 10.9 Å². The number of nitrogens with zero attached hydrogens (tertiary/aromatic N) is 2. The molecule has 0 aliphatic heterocycles. The van der Waals surface area contributed by atoms with Gasteiger partial charge < -0.3 is 19.9 Å². The first-order valence-corrected chi connectivity index (χ1v) is 6.30. The fraction of sp³-hybridized carbons (Fsp3) is 0.538. The van der Waals surface area contributed by atoms with Crippen LogP contribution in [0, 0.1) is 5.92 Å². The van der Waals surface area contributed by atoms with Crippen molar-refractivity contribution in [2.75, 3.05) is 27.2 Å². The van der Waals surface area contributed by atoms with E-state index < -0.39 is 0 Å². The summed E-state index contributed by atoms with van der Waals surface area (Å²) in [6.07, 6.45) is 4.02. The molecule has 1 aromatic rings. The molecule has 1 unspecified atom stereocenters. The van der Waals surface area contributed by atoms with Crippen molar-refractivity contribution < 1.29 is 9.53 Å². The molecule has 114 valence electrons. The van der Waals surface area contributed by atoms with Crippen LogP contribution in [0.15, 0.2) is 29.5 Å². The summed E-state index contributed by atoms with van der Waals surface area (Å²) in [5, 5.41) is 6.28. The van der Waals surface area contributed by atoms with Crippen LogP contribution in [-0.2, 0) is 16.1 Å². The number of nitrogens with one attached hydrogen (secondary N) is 2. The number of aliphatic imine (C=N–C) groups is 1. The summed E-state index contributed by atoms with van der Waals surface area (Å²) in [6.45, 7) is 3.93. The van der Waals surface area contributed by atoms with Crippen molar-refractivity contribution in [3.05, 3.63) is 24.5 Å². The second-order valence-corrected chi connectivity index (χ2v) is 4.22. The number of carbonyl (C=O) groups is 1. The Morgan fingerprint density at radius 1 is 1.35 bits per heavy atom. The number of carbonyl (C=O) groups excluding carboxylic acids is 1. The number of hydrogen-bond donors (Lipinski definition) is 2. The lowest BCUT2D eigenvalue weighted by Crippen LogP contribution is -2.41. The second-order valence-electron chi connectivity index (χ2n) is 4.22. The van der Waals surface area contributed by atoms with Crippen molar-refractivity contribution in [1.82, 2.24) is 15.2 Å². The topological polar surface area (TPSA) is 67.7 Å². The van der Waals surface area contributed by atoms with E-state index in [-0.39, 0.29) is 35.9 Å². The van der Waals surface area contributed by atoms with Crippen LogP contribution in [0.1, 0.15) is 6.92 Å². The van der Waals surface area contributed by atoms with Gasteiger partial charge in [0.1, 0.15) is 0 Å². The third-order valence-corrected chi connectivity index (χ3v) is 2.73. The molecular formula is C13H23IN4O2. The third-order valence-electron chi connectivity index (χ3n) is 2.73. The molecule has 0 saturated carbocycles. The highest BCUT2D eigenvalue weighted by Crippen LogP contribution is 1.95. The molecule has 1 heterocycles. The smallest absolute Gasteiger partial charge is 0.310 e. The Morgan fingerprint density at radius 2 is 2.00 bits per heavy atom.